The molecule has 0 spiro atoms. The SMILES string of the molecule is CCc1c(NN)ncnc1-n1cc(-c2ccccc2)cn1. The molecule has 0 atom stereocenters. The van der Waals surface area contributed by atoms with Crippen molar-refractivity contribution < 1.29 is 0 Å². The van der Waals surface area contributed by atoms with Crippen molar-refractivity contribution in [2.75, 3.05) is 5.43 Å². The van der Waals surface area contributed by atoms with E-state index < -0.39 is 0 Å². The van der Waals surface area contributed by atoms with Crippen LogP contribution in [0.2, 0.25) is 0 Å². The predicted molar refractivity (Wildman–Crippen MR) is 81.8 cm³/mol. The van der Waals surface area contributed by atoms with Crippen LogP contribution in [0.5, 0.6) is 0 Å². The van der Waals surface area contributed by atoms with Gasteiger partial charge in [0.25, 0.3) is 0 Å². The molecule has 0 saturated carbocycles. The Labute approximate surface area is 122 Å². The number of anilines is 1. The third kappa shape index (κ3) is 2.48. The minimum Gasteiger partial charge on any atom is -0.308 e. The molecule has 0 aliphatic carbocycles. The molecule has 2 aromatic heterocycles. The Hall–Kier alpha value is -2.73. The van der Waals surface area contributed by atoms with Crippen molar-refractivity contribution in [2.45, 2.75) is 13.3 Å². The molecule has 0 bridgehead atoms. The largest absolute Gasteiger partial charge is 0.308 e. The van der Waals surface area contributed by atoms with Gasteiger partial charge in [0.05, 0.1) is 6.20 Å². The molecule has 0 fully saturated rings. The molecular formula is C15H16N6. The number of nitrogens with two attached hydrogens (primary N) is 1. The molecule has 0 radical (unpaired) electrons. The highest BCUT2D eigenvalue weighted by Gasteiger charge is 2.12. The van der Waals surface area contributed by atoms with E-state index in [1.54, 1.807) is 4.68 Å². The molecular weight excluding hydrogens is 264 g/mol. The average molecular weight is 280 g/mol. The van der Waals surface area contributed by atoms with Gasteiger partial charge < -0.3 is 5.43 Å². The van der Waals surface area contributed by atoms with E-state index in [1.807, 2.05) is 37.5 Å². The van der Waals surface area contributed by atoms with Gasteiger partial charge in [-0.2, -0.15) is 5.10 Å². The average Bonchev–Trinajstić information content (AvgIpc) is 3.04. The number of hydrazine groups is 1. The molecule has 0 saturated heterocycles. The summed E-state index contributed by atoms with van der Waals surface area (Å²) >= 11 is 0. The van der Waals surface area contributed by atoms with E-state index in [0.717, 1.165) is 28.9 Å². The highest BCUT2D eigenvalue weighted by molar-refractivity contribution is 5.62. The maximum Gasteiger partial charge on any atom is 0.162 e. The maximum atomic E-state index is 5.50. The Bertz CT molecular complexity index is 735. The van der Waals surface area contributed by atoms with Crippen molar-refractivity contribution in [3.05, 3.63) is 54.6 Å². The minimum atomic E-state index is 0.624. The third-order valence-corrected chi connectivity index (χ3v) is 3.32. The molecule has 0 unspecified atom stereocenters. The summed E-state index contributed by atoms with van der Waals surface area (Å²) in [7, 11) is 0. The van der Waals surface area contributed by atoms with Crippen LogP contribution < -0.4 is 11.3 Å². The van der Waals surface area contributed by atoms with Gasteiger partial charge >= 0.3 is 0 Å². The maximum absolute atomic E-state index is 5.50. The second-order valence-electron chi connectivity index (χ2n) is 4.56. The zero-order valence-electron chi connectivity index (χ0n) is 11.7. The Balaban J connectivity index is 2.05. The van der Waals surface area contributed by atoms with Gasteiger partial charge in [0.1, 0.15) is 12.1 Å². The first-order chi connectivity index (χ1) is 10.3. The quantitative estimate of drug-likeness (QED) is 0.565. The van der Waals surface area contributed by atoms with Crippen LogP contribution in [-0.4, -0.2) is 19.7 Å². The summed E-state index contributed by atoms with van der Waals surface area (Å²) in [6.45, 7) is 2.03. The number of nitrogens with one attached hydrogen (secondary N) is 1. The lowest BCUT2D eigenvalue weighted by molar-refractivity contribution is 0.818. The number of benzene rings is 1. The first kappa shape index (κ1) is 13.3. The first-order valence-electron chi connectivity index (χ1n) is 6.74. The minimum absolute atomic E-state index is 0.624. The predicted octanol–water partition coefficient (Wildman–Crippen LogP) is 2.18. The van der Waals surface area contributed by atoms with Crippen molar-refractivity contribution in [1.82, 2.24) is 19.7 Å². The Kier molecular flexibility index (Phi) is 3.61. The fourth-order valence-electron chi connectivity index (χ4n) is 2.27. The van der Waals surface area contributed by atoms with Crippen LogP contribution in [0.1, 0.15) is 12.5 Å². The molecule has 6 heteroatoms. The summed E-state index contributed by atoms with van der Waals surface area (Å²) in [6, 6.07) is 10.1. The van der Waals surface area contributed by atoms with Crippen LogP contribution in [0.25, 0.3) is 16.9 Å². The van der Waals surface area contributed by atoms with Crippen LogP contribution in [0.4, 0.5) is 5.82 Å². The Morgan fingerprint density at radius 3 is 2.67 bits per heavy atom. The van der Waals surface area contributed by atoms with Crippen molar-refractivity contribution in [2.24, 2.45) is 5.84 Å². The fourth-order valence-corrected chi connectivity index (χ4v) is 2.27. The molecule has 21 heavy (non-hydrogen) atoms. The Morgan fingerprint density at radius 2 is 1.95 bits per heavy atom. The summed E-state index contributed by atoms with van der Waals surface area (Å²) in [4.78, 5) is 8.46. The van der Waals surface area contributed by atoms with Gasteiger partial charge in [-0.3, -0.25) is 0 Å². The van der Waals surface area contributed by atoms with Crippen molar-refractivity contribution in [3.8, 4) is 16.9 Å². The number of hydrogen-bond donors (Lipinski definition) is 2. The molecule has 1 aromatic carbocycles. The number of rotatable bonds is 4. The number of nitrogens with zero attached hydrogens (tertiary/aromatic N) is 4. The number of hydrogen-bond acceptors (Lipinski definition) is 5. The van der Waals surface area contributed by atoms with Crippen molar-refractivity contribution in [3.63, 3.8) is 0 Å². The number of nitrogen functional groups attached to an aromatic ring is 1. The van der Waals surface area contributed by atoms with Crippen LogP contribution >= 0.6 is 0 Å². The van der Waals surface area contributed by atoms with Crippen molar-refractivity contribution in [1.29, 1.82) is 0 Å². The second kappa shape index (κ2) is 5.72. The normalized spacial score (nSPS) is 10.6. The van der Waals surface area contributed by atoms with E-state index in [1.165, 1.54) is 6.33 Å². The lowest BCUT2D eigenvalue weighted by atomic mass is 10.1. The molecule has 6 nitrogen and oxygen atoms in total. The van der Waals surface area contributed by atoms with Gasteiger partial charge in [-0.25, -0.2) is 20.5 Å². The molecule has 106 valence electrons. The van der Waals surface area contributed by atoms with E-state index >= 15 is 0 Å². The van der Waals surface area contributed by atoms with Gasteiger partial charge in [-0.15, -0.1) is 0 Å². The van der Waals surface area contributed by atoms with Crippen LogP contribution in [-0.2, 0) is 6.42 Å². The highest BCUT2D eigenvalue weighted by Crippen LogP contribution is 2.22. The Morgan fingerprint density at radius 1 is 1.14 bits per heavy atom. The summed E-state index contributed by atoms with van der Waals surface area (Å²) in [5.41, 5.74) is 5.69. The number of aromatic nitrogens is 4. The molecule has 3 rings (SSSR count). The standard InChI is InChI=1S/C15H16N6/c1-2-13-14(20-16)17-10-18-15(13)21-9-12(8-19-21)11-6-4-3-5-7-11/h3-10H,2,16H2,1H3,(H,17,18,20). The lowest BCUT2D eigenvalue weighted by Gasteiger charge is -2.10. The topological polar surface area (TPSA) is 81.6 Å². The van der Waals surface area contributed by atoms with Crippen LogP contribution in [0.3, 0.4) is 0 Å². The van der Waals surface area contributed by atoms with Crippen LogP contribution in [0.15, 0.2) is 49.1 Å². The second-order valence-corrected chi connectivity index (χ2v) is 4.56. The van der Waals surface area contributed by atoms with E-state index in [-0.39, 0.29) is 0 Å². The summed E-state index contributed by atoms with van der Waals surface area (Å²) in [6.07, 6.45) is 6.02. The zero-order chi connectivity index (χ0) is 14.7. The van der Waals surface area contributed by atoms with Gasteiger partial charge in [0, 0.05) is 17.3 Å². The van der Waals surface area contributed by atoms with E-state index in [9.17, 15) is 0 Å². The molecule has 0 aliphatic rings. The fraction of sp³-hybridized carbons (Fsp3) is 0.133. The summed E-state index contributed by atoms with van der Waals surface area (Å²) in [5, 5.41) is 4.40. The monoisotopic (exact) mass is 280 g/mol. The van der Waals surface area contributed by atoms with E-state index in [4.69, 9.17) is 5.84 Å². The van der Waals surface area contributed by atoms with Crippen molar-refractivity contribution >= 4 is 5.82 Å². The summed E-state index contributed by atoms with van der Waals surface area (Å²) < 4.78 is 1.75. The first-order valence-corrected chi connectivity index (χ1v) is 6.74. The smallest absolute Gasteiger partial charge is 0.162 e. The molecule has 3 N–H and O–H groups in total. The molecule has 2 heterocycles. The van der Waals surface area contributed by atoms with E-state index in [2.05, 4.69) is 32.6 Å². The van der Waals surface area contributed by atoms with Gasteiger partial charge in [-0.05, 0) is 12.0 Å². The zero-order valence-corrected chi connectivity index (χ0v) is 11.7. The molecule has 0 amide bonds. The molecule has 0 aliphatic heterocycles. The summed E-state index contributed by atoms with van der Waals surface area (Å²) in [5.74, 6) is 6.86. The van der Waals surface area contributed by atoms with Crippen LogP contribution in [0, 0.1) is 0 Å². The van der Waals surface area contributed by atoms with Gasteiger partial charge in [0.15, 0.2) is 5.82 Å². The lowest BCUT2D eigenvalue weighted by Crippen LogP contribution is -2.14. The third-order valence-electron chi connectivity index (χ3n) is 3.32. The highest BCUT2D eigenvalue weighted by atomic mass is 15.3. The van der Waals surface area contributed by atoms with Gasteiger partial charge in [-0.1, -0.05) is 37.3 Å². The van der Waals surface area contributed by atoms with Gasteiger partial charge in [0.2, 0.25) is 0 Å². The van der Waals surface area contributed by atoms with E-state index in [0.29, 0.717) is 5.82 Å². The molecule has 3 aromatic rings.